The molecule has 1 aliphatic heterocycles. The Bertz CT molecular complexity index is 404. The van der Waals surface area contributed by atoms with Gasteiger partial charge in [0.2, 0.25) is 0 Å². The summed E-state index contributed by atoms with van der Waals surface area (Å²) < 4.78 is 12.0. The van der Waals surface area contributed by atoms with Crippen molar-refractivity contribution in [3.05, 3.63) is 34.3 Å². The fraction of sp³-hybridized carbons (Fsp3) is 0.571. The van der Waals surface area contributed by atoms with Crippen LogP contribution in [0.4, 0.5) is 0 Å². The second-order valence-corrected chi connectivity index (χ2v) is 5.72. The van der Waals surface area contributed by atoms with Crippen LogP contribution < -0.4 is 5.73 Å². The van der Waals surface area contributed by atoms with E-state index in [0.717, 1.165) is 17.6 Å². The van der Waals surface area contributed by atoms with Crippen molar-refractivity contribution in [2.45, 2.75) is 18.2 Å². The molecule has 0 bridgehead atoms. The molecule has 1 aromatic rings. The Hall–Kier alpha value is -0.460. The predicted octanol–water partition coefficient (Wildman–Crippen LogP) is 1.79. The molecule has 2 rings (SSSR count). The van der Waals surface area contributed by atoms with Crippen LogP contribution in [0.5, 0.6) is 0 Å². The zero-order valence-electron chi connectivity index (χ0n) is 11.4. The van der Waals surface area contributed by atoms with Crippen molar-refractivity contribution in [2.75, 3.05) is 33.9 Å². The van der Waals surface area contributed by atoms with E-state index in [1.165, 1.54) is 5.56 Å². The SMILES string of the molecule is COC1CN(C(CN)c2cccc(Br)c2)CC1OC. The summed E-state index contributed by atoms with van der Waals surface area (Å²) in [5.41, 5.74) is 7.20. The maximum atomic E-state index is 5.97. The quantitative estimate of drug-likeness (QED) is 0.895. The summed E-state index contributed by atoms with van der Waals surface area (Å²) in [5, 5.41) is 0. The predicted molar refractivity (Wildman–Crippen MR) is 79.1 cm³/mol. The average Bonchev–Trinajstić information content (AvgIpc) is 2.83. The molecule has 19 heavy (non-hydrogen) atoms. The standard InChI is InChI=1S/C14H21BrN2O2/c1-18-13-8-17(9-14(13)19-2)12(7-16)10-4-3-5-11(15)6-10/h3-6,12-14H,7-9,16H2,1-2H3. The molecule has 2 N–H and O–H groups in total. The molecular weight excluding hydrogens is 308 g/mol. The van der Waals surface area contributed by atoms with Crippen molar-refractivity contribution < 1.29 is 9.47 Å². The minimum atomic E-state index is 0.117. The van der Waals surface area contributed by atoms with Crippen LogP contribution in [0.3, 0.4) is 0 Å². The number of hydrogen-bond acceptors (Lipinski definition) is 4. The fourth-order valence-corrected chi connectivity index (χ4v) is 3.11. The number of likely N-dealkylation sites (tertiary alicyclic amines) is 1. The van der Waals surface area contributed by atoms with E-state index in [2.05, 4.69) is 33.0 Å². The number of methoxy groups -OCH3 is 2. The third-order valence-electron chi connectivity index (χ3n) is 3.75. The summed E-state index contributed by atoms with van der Waals surface area (Å²) in [6, 6.07) is 8.51. The summed E-state index contributed by atoms with van der Waals surface area (Å²) in [4.78, 5) is 2.34. The van der Waals surface area contributed by atoms with E-state index in [0.29, 0.717) is 6.54 Å². The van der Waals surface area contributed by atoms with Crippen LogP contribution >= 0.6 is 15.9 Å². The van der Waals surface area contributed by atoms with E-state index < -0.39 is 0 Å². The lowest BCUT2D eigenvalue weighted by molar-refractivity contribution is -0.00461. The Morgan fingerprint density at radius 2 is 1.95 bits per heavy atom. The molecule has 0 aliphatic carbocycles. The largest absolute Gasteiger partial charge is 0.377 e. The molecule has 0 saturated carbocycles. The second kappa shape index (κ2) is 6.81. The lowest BCUT2D eigenvalue weighted by Gasteiger charge is -2.27. The van der Waals surface area contributed by atoms with Gasteiger partial charge in [-0.25, -0.2) is 0 Å². The van der Waals surface area contributed by atoms with Crippen LogP contribution in [0.2, 0.25) is 0 Å². The van der Waals surface area contributed by atoms with Gasteiger partial charge in [-0.2, -0.15) is 0 Å². The molecule has 1 saturated heterocycles. The average molecular weight is 329 g/mol. The molecule has 0 spiro atoms. The van der Waals surface area contributed by atoms with Crippen LogP contribution in [0, 0.1) is 0 Å². The van der Waals surface area contributed by atoms with E-state index in [1.54, 1.807) is 14.2 Å². The molecule has 0 amide bonds. The molecule has 5 heteroatoms. The molecule has 106 valence electrons. The van der Waals surface area contributed by atoms with Gasteiger partial charge in [0, 0.05) is 44.4 Å². The van der Waals surface area contributed by atoms with Crippen molar-refractivity contribution >= 4 is 15.9 Å². The van der Waals surface area contributed by atoms with E-state index in [9.17, 15) is 0 Å². The van der Waals surface area contributed by atoms with E-state index in [1.807, 2.05) is 12.1 Å². The number of nitrogens with two attached hydrogens (primary N) is 1. The third kappa shape index (κ3) is 3.35. The summed E-state index contributed by atoms with van der Waals surface area (Å²) >= 11 is 3.51. The second-order valence-electron chi connectivity index (χ2n) is 4.81. The van der Waals surface area contributed by atoms with Gasteiger partial charge in [0.1, 0.15) is 0 Å². The van der Waals surface area contributed by atoms with Gasteiger partial charge in [-0.15, -0.1) is 0 Å². The molecule has 3 atom stereocenters. The lowest BCUT2D eigenvalue weighted by atomic mass is 10.1. The first-order valence-corrected chi connectivity index (χ1v) is 7.24. The number of hydrogen-bond donors (Lipinski definition) is 1. The van der Waals surface area contributed by atoms with Gasteiger partial charge >= 0.3 is 0 Å². The normalized spacial score (nSPS) is 25.7. The zero-order valence-corrected chi connectivity index (χ0v) is 13.0. The summed E-state index contributed by atoms with van der Waals surface area (Å²) in [5.74, 6) is 0. The monoisotopic (exact) mass is 328 g/mol. The zero-order chi connectivity index (χ0) is 13.8. The lowest BCUT2D eigenvalue weighted by Crippen LogP contribution is -2.33. The number of ether oxygens (including phenoxy) is 2. The summed E-state index contributed by atoms with van der Waals surface area (Å²) in [6.45, 7) is 2.29. The maximum Gasteiger partial charge on any atom is 0.0972 e. The Morgan fingerprint density at radius 3 is 2.42 bits per heavy atom. The summed E-state index contributed by atoms with van der Waals surface area (Å²) in [6.07, 6.45) is 0.234. The molecule has 4 nitrogen and oxygen atoms in total. The first-order chi connectivity index (χ1) is 9.19. The molecule has 1 aliphatic rings. The molecule has 1 heterocycles. The van der Waals surface area contributed by atoms with Crippen LogP contribution in [-0.4, -0.2) is 51.0 Å². The smallest absolute Gasteiger partial charge is 0.0972 e. The van der Waals surface area contributed by atoms with Crippen molar-refractivity contribution in [1.82, 2.24) is 4.90 Å². The van der Waals surface area contributed by atoms with Crippen LogP contribution in [-0.2, 0) is 9.47 Å². The number of halogens is 1. The number of benzene rings is 1. The molecule has 1 aromatic carbocycles. The van der Waals surface area contributed by atoms with Gasteiger partial charge in [0.25, 0.3) is 0 Å². The Labute approximate surface area is 123 Å². The van der Waals surface area contributed by atoms with E-state index >= 15 is 0 Å². The highest BCUT2D eigenvalue weighted by atomic mass is 79.9. The van der Waals surface area contributed by atoms with Gasteiger partial charge in [-0.1, -0.05) is 28.1 Å². The van der Waals surface area contributed by atoms with Crippen LogP contribution in [0.25, 0.3) is 0 Å². The minimum absolute atomic E-state index is 0.117. The third-order valence-corrected chi connectivity index (χ3v) is 4.24. The molecule has 0 radical (unpaired) electrons. The van der Waals surface area contributed by atoms with Gasteiger partial charge in [0.05, 0.1) is 12.2 Å². The minimum Gasteiger partial charge on any atom is -0.377 e. The number of nitrogens with zero attached hydrogens (tertiary/aromatic N) is 1. The topological polar surface area (TPSA) is 47.7 Å². The van der Waals surface area contributed by atoms with Gasteiger partial charge < -0.3 is 15.2 Å². The van der Waals surface area contributed by atoms with Gasteiger partial charge in [-0.05, 0) is 17.7 Å². The number of rotatable bonds is 5. The molecule has 0 aromatic heterocycles. The molecular formula is C14H21BrN2O2. The first-order valence-electron chi connectivity index (χ1n) is 6.44. The Morgan fingerprint density at radius 1 is 1.32 bits per heavy atom. The van der Waals surface area contributed by atoms with E-state index in [4.69, 9.17) is 15.2 Å². The maximum absolute atomic E-state index is 5.97. The Kier molecular flexibility index (Phi) is 5.36. The van der Waals surface area contributed by atoms with Crippen LogP contribution in [0.1, 0.15) is 11.6 Å². The van der Waals surface area contributed by atoms with Crippen molar-refractivity contribution in [2.24, 2.45) is 5.73 Å². The highest BCUT2D eigenvalue weighted by Gasteiger charge is 2.36. The van der Waals surface area contributed by atoms with Crippen molar-refractivity contribution in [3.8, 4) is 0 Å². The summed E-state index contributed by atoms with van der Waals surface area (Å²) in [7, 11) is 3.47. The van der Waals surface area contributed by atoms with Gasteiger partial charge in [0.15, 0.2) is 0 Å². The van der Waals surface area contributed by atoms with Gasteiger partial charge in [-0.3, -0.25) is 4.90 Å². The van der Waals surface area contributed by atoms with Crippen molar-refractivity contribution in [3.63, 3.8) is 0 Å². The van der Waals surface area contributed by atoms with Crippen LogP contribution in [0.15, 0.2) is 28.7 Å². The highest BCUT2D eigenvalue weighted by Crippen LogP contribution is 2.28. The molecule has 1 fully saturated rings. The first kappa shape index (κ1) is 14.9. The highest BCUT2D eigenvalue weighted by molar-refractivity contribution is 9.10. The molecule has 3 unspecified atom stereocenters. The fourth-order valence-electron chi connectivity index (χ4n) is 2.69. The van der Waals surface area contributed by atoms with E-state index in [-0.39, 0.29) is 18.2 Å². The van der Waals surface area contributed by atoms with Crippen molar-refractivity contribution in [1.29, 1.82) is 0 Å². The Balaban J connectivity index is 2.15.